The minimum Gasteiger partial charge on any atom is -0.448 e. The van der Waals surface area contributed by atoms with Crippen molar-refractivity contribution >= 4 is 30.9 Å². The Bertz CT molecular complexity index is 1050. The molecule has 2 heterocycles. The van der Waals surface area contributed by atoms with Crippen LogP contribution in [0.3, 0.4) is 0 Å². The zero-order valence-corrected chi connectivity index (χ0v) is 19.5. The van der Waals surface area contributed by atoms with E-state index in [9.17, 15) is 4.79 Å². The zero-order valence-electron chi connectivity index (χ0n) is 17.9. The third-order valence-electron chi connectivity index (χ3n) is 6.24. The number of halogens is 2. The summed E-state index contributed by atoms with van der Waals surface area (Å²) in [6.07, 6.45) is 3.38. The van der Waals surface area contributed by atoms with Crippen LogP contribution in [-0.2, 0) is 4.74 Å². The van der Waals surface area contributed by atoms with E-state index in [2.05, 4.69) is 58.8 Å². The van der Waals surface area contributed by atoms with Crippen molar-refractivity contribution in [3.63, 3.8) is 0 Å². The van der Waals surface area contributed by atoms with Crippen LogP contribution < -0.4 is 5.32 Å². The van der Waals surface area contributed by atoms with Crippen LogP contribution in [0.25, 0.3) is 11.1 Å². The van der Waals surface area contributed by atoms with Crippen molar-refractivity contribution in [3.05, 3.63) is 89.2 Å². The number of hydrogen-bond donors (Lipinski definition) is 1. The number of aryl methyl sites for hydroxylation is 1. The van der Waals surface area contributed by atoms with E-state index in [0.717, 1.165) is 24.2 Å². The van der Waals surface area contributed by atoms with E-state index >= 15 is 0 Å². The van der Waals surface area contributed by atoms with Gasteiger partial charge in [-0.2, -0.15) is 0 Å². The maximum atomic E-state index is 13.1. The molecule has 1 atom stereocenters. The number of nitrogens with zero attached hydrogens (tertiary/aromatic N) is 2. The summed E-state index contributed by atoms with van der Waals surface area (Å²) in [5, 5.41) is 3.40. The molecule has 32 heavy (non-hydrogen) atoms. The van der Waals surface area contributed by atoms with E-state index in [1.807, 2.05) is 24.1 Å². The van der Waals surface area contributed by atoms with E-state index in [1.165, 1.54) is 22.3 Å². The summed E-state index contributed by atoms with van der Waals surface area (Å²) < 4.78 is 5.91. The van der Waals surface area contributed by atoms with Gasteiger partial charge in [-0.05, 0) is 46.4 Å². The molecule has 1 saturated heterocycles. The van der Waals surface area contributed by atoms with Gasteiger partial charge in [0, 0.05) is 37.9 Å². The van der Waals surface area contributed by atoms with Crippen LogP contribution in [0.1, 0.15) is 34.2 Å². The van der Waals surface area contributed by atoms with E-state index in [1.54, 1.807) is 6.20 Å². The first-order valence-corrected chi connectivity index (χ1v) is 10.5. The number of carbonyl (C=O) groups excluding carboxylic acids is 1. The average molecular weight is 472 g/mol. The summed E-state index contributed by atoms with van der Waals surface area (Å²) in [4.78, 5) is 19.2. The van der Waals surface area contributed by atoms with Gasteiger partial charge >= 0.3 is 6.09 Å². The molecule has 1 N–H and O–H groups in total. The molecule has 1 aromatic heterocycles. The third-order valence-corrected chi connectivity index (χ3v) is 6.24. The summed E-state index contributed by atoms with van der Waals surface area (Å²) >= 11 is 0. The SMILES string of the molecule is Cc1cnccc1C1CNCCN1C(=O)OCC1c2ccccc2-c2ccccc21.Cl.Cl. The van der Waals surface area contributed by atoms with Gasteiger partial charge in [-0.15, -0.1) is 24.8 Å². The van der Waals surface area contributed by atoms with Gasteiger partial charge in [-0.3, -0.25) is 9.88 Å². The second-order valence-electron chi connectivity index (χ2n) is 7.95. The molecule has 5 nitrogen and oxygen atoms in total. The molecule has 2 aliphatic rings. The van der Waals surface area contributed by atoms with Crippen LogP contribution in [0.15, 0.2) is 67.0 Å². The molecular weight excluding hydrogens is 445 g/mol. The standard InChI is InChI=1S/C25H25N3O2.2ClH/c1-17-14-26-11-10-18(17)24-15-27-12-13-28(24)25(29)30-16-23-21-8-4-2-6-19(21)20-7-3-5-9-22(20)23;;/h2-11,14,23-24,27H,12-13,15-16H2,1H3;2*1H. The number of carbonyl (C=O) groups is 1. The van der Waals surface area contributed by atoms with Gasteiger partial charge in [0.2, 0.25) is 0 Å². The Balaban J connectivity index is 0.00000144. The Kier molecular flexibility index (Phi) is 7.77. The van der Waals surface area contributed by atoms with Gasteiger partial charge in [0.25, 0.3) is 0 Å². The Hall–Kier alpha value is -2.60. The maximum Gasteiger partial charge on any atom is 0.410 e. The second kappa shape index (κ2) is 10.3. The molecule has 168 valence electrons. The fraction of sp³-hybridized carbons (Fsp3) is 0.280. The molecule has 1 fully saturated rings. The Morgan fingerprint density at radius 2 is 1.69 bits per heavy atom. The molecule has 0 saturated carbocycles. The first-order chi connectivity index (χ1) is 14.7. The molecule has 1 unspecified atom stereocenters. The minimum absolute atomic E-state index is 0. The number of hydrogen-bond acceptors (Lipinski definition) is 4. The van der Waals surface area contributed by atoms with Crippen LogP contribution in [0, 0.1) is 6.92 Å². The van der Waals surface area contributed by atoms with Gasteiger partial charge in [0.1, 0.15) is 6.61 Å². The Morgan fingerprint density at radius 1 is 1.03 bits per heavy atom. The highest BCUT2D eigenvalue weighted by molar-refractivity contribution is 5.85. The Morgan fingerprint density at radius 3 is 2.34 bits per heavy atom. The minimum atomic E-state index is -0.250. The summed E-state index contributed by atoms with van der Waals surface area (Å²) in [5.74, 6) is 0.0744. The second-order valence-corrected chi connectivity index (χ2v) is 7.95. The largest absolute Gasteiger partial charge is 0.448 e. The molecule has 1 aliphatic heterocycles. The number of benzene rings is 2. The predicted molar refractivity (Wildman–Crippen MR) is 131 cm³/mol. The lowest BCUT2D eigenvalue weighted by Crippen LogP contribution is -2.49. The van der Waals surface area contributed by atoms with Crippen LogP contribution in [0.4, 0.5) is 4.79 Å². The highest BCUT2D eigenvalue weighted by atomic mass is 35.5. The number of amides is 1. The van der Waals surface area contributed by atoms with Crippen molar-refractivity contribution in [1.82, 2.24) is 15.2 Å². The molecular formula is C25H27Cl2N3O2. The molecule has 0 spiro atoms. The number of pyridine rings is 1. The lowest BCUT2D eigenvalue weighted by atomic mass is 9.98. The lowest BCUT2D eigenvalue weighted by Gasteiger charge is -2.36. The summed E-state index contributed by atoms with van der Waals surface area (Å²) in [5.41, 5.74) is 7.14. The Labute approximate surface area is 201 Å². The van der Waals surface area contributed by atoms with Crippen LogP contribution in [-0.4, -0.2) is 42.2 Å². The number of nitrogens with one attached hydrogen (secondary N) is 1. The van der Waals surface area contributed by atoms with Crippen molar-refractivity contribution in [2.24, 2.45) is 0 Å². The average Bonchev–Trinajstić information content (AvgIpc) is 3.12. The maximum absolute atomic E-state index is 13.1. The smallest absolute Gasteiger partial charge is 0.410 e. The molecule has 1 aliphatic carbocycles. The summed E-state index contributed by atoms with van der Waals surface area (Å²) in [6.45, 7) is 4.49. The molecule has 0 radical (unpaired) electrons. The molecule has 5 rings (SSSR count). The number of rotatable bonds is 3. The molecule has 0 bridgehead atoms. The molecule has 2 aromatic carbocycles. The van der Waals surface area contributed by atoms with E-state index in [4.69, 9.17) is 4.74 Å². The number of piperazine rings is 1. The number of fused-ring (bicyclic) bond motifs is 3. The first kappa shape index (κ1) is 24.1. The predicted octanol–water partition coefficient (Wildman–Crippen LogP) is 5.13. The fourth-order valence-electron chi connectivity index (χ4n) is 4.74. The highest BCUT2D eigenvalue weighted by Gasteiger charge is 2.33. The van der Waals surface area contributed by atoms with Gasteiger partial charge in [-0.25, -0.2) is 4.79 Å². The van der Waals surface area contributed by atoms with Crippen molar-refractivity contribution in [2.75, 3.05) is 26.2 Å². The van der Waals surface area contributed by atoms with E-state index in [0.29, 0.717) is 13.2 Å². The number of aromatic nitrogens is 1. The third kappa shape index (κ3) is 4.33. The van der Waals surface area contributed by atoms with Crippen molar-refractivity contribution in [1.29, 1.82) is 0 Å². The van der Waals surface area contributed by atoms with Crippen LogP contribution in [0.2, 0.25) is 0 Å². The van der Waals surface area contributed by atoms with Gasteiger partial charge in [-0.1, -0.05) is 48.5 Å². The van der Waals surface area contributed by atoms with Gasteiger partial charge in [0.05, 0.1) is 6.04 Å². The summed E-state index contributed by atoms with van der Waals surface area (Å²) in [6, 6.07) is 18.8. The topological polar surface area (TPSA) is 54.5 Å². The molecule has 3 aromatic rings. The monoisotopic (exact) mass is 471 g/mol. The van der Waals surface area contributed by atoms with Gasteiger partial charge < -0.3 is 10.1 Å². The molecule has 7 heteroatoms. The zero-order chi connectivity index (χ0) is 20.5. The van der Waals surface area contributed by atoms with Crippen molar-refractivity contribution in [2.45, 2.75) is 18.9 Å². The summed E-state index contributed by atoms with van der Waals surface area (Å²) in [7, 11) is 0. The van der Waals surface area contributed by atoms with Crippen LogP contribution >= 0.6 is 24.8 Å². The quantitative estimate of drug-likeness (QED) is 0.575. The van der Waals surface area contributed by atoms with Crippen molar-refractivity contribution in [3.8, 4) is 11.1 Å². The number of ether oxygens (including phenoxy) is 1. The lowest BCUT2D eigenvalue weighted by molar-refractivity contribution is 0.0751. The van der Waals surface area contributed by atoms with Gasteiger partial charge in [0.15, 0.2) is 0 Å². The highest BCUT2D eigenvalue weighted by Crippen LogP contribution is 2.44. The van der Waals surface area contributed by atoms with Crippen molar-refractivity contribution < 1.29 is 9.53 Å². The van der Waals surface area contributed by atoms with E-state index in [-0.39, 0.29) is 42.9 Å². The first-order valence-electron chi connectivity index (χ1n) is 10.5. The molecule has 1 amide bonds. The normalized spacial score (nSPS) is 16.9. The van der Waals surface area contributed by atoms with E-state index < -0.39 is 0 Å². The van der Waals surface area contributed by atoms with Crippen LogP contribution in [0.5, 0.6) is 0 Å². The fourth-order valence-corrected chi connectivity index (χ4v) is 4.74.